The van der Waals surface area contributed by atoms with E-state index < -0.39 is 6.10 Å². The van der Waals surface area contributed by atoms with Crippen molar-refractivity contribution >= 4 is 22.6 Å². The van der Waals surface area contributed by atoms with Crippen molar-refractivity contribution in [3.63, 3.8) is 0 Å². The fourth-order valence-corrected chi connectivity index (χ4v) is 4.24. The van der Waals surface area contributed by atoms with Crippen LogP contribution in [-0.4, -0.2) is 51.5 Å². The molecule has 160 valence electrons. The number of halogens is 1. The third kappa shape index (κ3) is 4.89. The SMILES string of the molecule is N=c1n(CCN2CCCCC2)c2ccccc2n1C[C@H](O)COc1ccc(Cl)cc1. The van der Waals surface area contributed by atoms with Crippen LogP contribution < -0.4 is 10.4 Å². The fourth-order valence-electron chi connectivity index (χ4n) is 4.12. The molecular weight excluding hydrogens is 400 g/mol. The maximum Gasteiger partial charge on any atom is 0.203 e. The van der Waals surface area contributed by atoms with Crippen molar-refractivity contribution in [1.82, 2.24) is 14.0 Å². The molecule has 0 bridgehead atoms. The molecule has 1 aliphatic heterocycles. The Morgan fingerprint density at radius 1 is 0.933 bits per heavy atom. The number of hydrogen-bond donors (Lipinski definition) is 2. The molecule has 0 spiro atoms. The summed E-state index contributed by atoms with van der Waals surface area (Å²) in [5, 5.41) is 20.0. The van der Waals surface area contributed by atoms with Gasteiger partial charge in [-0.05, 0) is 62.3 Å². The lowest BCUT2D eigenvalue weighted by molar-refractivity contribution is 0.0920. The summed E-state index contributed by atoms with van der Waals surface area (Å²) in [4.78, 5) is 2.48. The highest BCUT2D eigenvalue weighted by molar-refractivity contribution is 6.30. The number of likely N-dealkylation sites (tertiary alicyclic amines) is 1. The van der Waals surface area contributed by atoms with Crippen molar-refractivity contribution in [2.75, 3.05) is 26.2 Å². The van der Waals surface area contributed by atoms with Crippen LogP contribution in [-0.2, 0) is 13.1 Å². The van der Waals surface area contributed by atoms with Gasteiger partial charge in [-0.1, -0.05) is 30.2 Å². The van der Waals surface area contributed by atoms with E-state index >= 15 is 0 Å². The number of piperidine rings is 1. The van der Waals surface area contributed by atoms with Gasteiger partial charge in [-0.25, -0.2) is 0 Å². The minimum Gasteiger partial charge on any atom is -0.491 e. The summed E-state index contributed by atoms with van der Waals surface area (Å²) in [5.41, 5.74) is 2.41. The van der Waals surface area contributed by atoms with Gasteiger partial charge < -0.3 is 23.9 Å². The molecular formula is C23H29ClN4O2. The van der Waals surface area contributed by atoms with E-state index in [9.17, 15) is 5.11 Å². The average Bonchev–Trinajstić information content (AvgIpc) is 3.03. The Labute approximate surface area is 181 Å². The Bertz CT molecular complexity index is 1020. The van der Waals surface area contributed by atoms with E-state index in [1.165, 1.54) is 19.3 Å². The zero-order chi connectivity index (χ0) is 20.9. The molecule has 1 saturated heterocycles. The molecule has 2 N–H and O–H groups in total. The smallest absolute Gasteiger partial charge is 0.203 e. The highest BCUT2D eigenvalue weighted by atomic mass is 35.5. The molecule has 3 aromatic rings. The maximum atomic E-state index is 10.6. The first kappa shape index (κ1) is 21.0. The van der Waals surface area contributed by atoms with Gasteiger partial charge in [0.1, 0.15) is 18.5 Å². The van der Waals surface area contributed by atoms with Crippen molar-refractivity contribution in [2.45, 2.75) is 38.5 Å². The number of nitrogens with zero attached hydrogens (tertiary/aromatic N) is 3. The van der Waals surface area contributed by atoms with Crippen LogP contribution in [0.25, 0.3) is 11.0 Å². The topological polar surface area (TPSA) is 66.4 Å². The average molecular weight is 429 g/mol. The fraction of sp³-hybridized carbons (Fsp3) is 0.435. The summed E-state index contributed by atoms with van der Waals surface area (Å²) in [5.74, 6) is 0.665. The predicted octanol–water partition coefficient (Wildman–Crippen LogP) is 3.50. The van der Waals surface area contributed by atoms with E-state index in [2.05, 4.69) is 15.5 Å². The number of ether oxygens (including phenoxy) is 1. The van der Waals surface area contributed by atoms with Gasteiger partial charge >= 0.3 is 0 Å². The number of rotatable bonds is 8. The largest absolute Gasteiger partial charge is 0.491 e. The van der Waals surface area contributed by atoms with Gasteiger partial charge in [0, 0.05) is 18.1 Å². The Balaban J connectivity index is 1.47. The molecule has 1 aromatic heterocycles. The summed E-state index contributed by atoms with van der Waals surface area (Å²) in [7, 11) is 0. The van der Waals surface area contributed by atoms with Crippen LogP contribution in [0.1, 0.15) is 19.3 Å². The van der Waals surface area contributed by atoms with Gasteiger partial charge in [0.2, 0.25) is 5.62 Å². The molecule has 2 aromatic carbocycles. The van der Waals surface area contributed by atoms with Crippen LogP contribution in [0.2, 0.25) is 5.02 Å². The summed E-state index contributed by atoms with van der Waals surface area (Å²) in [6, 6.07) is 15.1. The van der Waals surface area contributed by atoms with E-state index in [0.717, 1.165) is 37.2 Å². The van der Waals surface area contributed by atoms with E-state index in [-0.39, 0.29) is 6.61 Å². The second kappa shape index (κ2) is 9.69. The molecule has 0 saturated carbocycles. The Kier molecular flexibility index (Phi) is 6.77. The van der Waals surface area contributed by atoms with Crippen molar-refractivity contribution in [2.24, 2.45) is 0 Å². The molecule has 1 fully saturated rings. The first-order valence-corrected chi connectivity index (χ1v) is 11.0. The minimum atomic E-state index is -0.726. The molecule has 6 nitrogen and oxygen atoms in total. The van der Waals surface area contributed by atoms with Crippen molar-refractivity contribution in [1.29, 1.82) is 5.41 Å². The number of imidazole rings is 1. The molecule has 1 aliphatic rings. The Hall–Kier alpha value is -2.28. The monoisotopic (exact) mass is 428 g/mol. The second-order valence-corrected chi connectivity index (χ2v) is 8.33. The number of hydrogen-bond acceptors (Lipinski definition) is 4. The van der Waals surface area contributed by atoms with Gasteiger partial charge in [-0.2, -0.15) is 0 Å². The number of aromatic nitrogens is 2. The number of aliphatic hydroxyl groups excluding tert-OH is 1. The second-order valence-electron chi connectivity index (χ2n) is 7.90. The quantitative estimate of drug-likeness (QED) is 0.577. The zero-order valence-electron chi connectivity index (χ0n) is 17.1. The van der Waals surface area contributed by atoms with E-state index in [1.54, 1.807) is 24.3 Å². The predicted molar refractivity (Wildman–Crippen MR) is 119 cm³/mol. The number of aliphatic hydroxyl groups is 1. The van der Waals surface area contributed by atoms with Gasteiger partial charge in [-0.15, -0.1) is 0 Å². The van der Waals surface area contributed by atoms with Crippen molar-refractivity contribution in [3.8, 4) is 5.75 Å². The maximum absolute atomic E-state index is 10.6. The van der Waals surface area contributed by atoms with E-state index in [4.69, 9.17) is 21.7 Å². The van der Waals surface area contributed by atoms with Gasteiger partial charge in [0.25, 0.3) is 0 Å². The summed E-state index contributed by atoms with van der Waals surface area (Å²) >= 11 is 5.90. The molecule has 0 unspecified atom stereocenters. The normalized spacial score (nSPS) is 16.1. The van der Waals surface area contributed by atoms with Crippen LogP contribution in [0.15, 0.2) is 48.5 Å². The molecule has 0 radical (unpaired) electrons. The third-order valence-corrected chi connectivity index (χ3v) is 5.96. The van der Waals surface area contributed by atoms with Gasteiger partial charge in [0.05, 0.1) is 17.6 Å². The highest BCUT2D eigenvalue weighted by Gasteiger charge is 2.16. The molecule has 2 heterocycles. The van der Waals surface area contributed by atoms with Crippen LogP contribution in [0.4, 0.5) is 0 Å². The Morgan fingerprint density at radius 2 is 1.60 bits per heavy atom. The molecule has 0 amide bonds. The van der Waals surface area contributed by atoms with Crippen LogP contribution in [0.5, 0.6) is 5.75 Å². The summed E-state index contributed by atoms with van der Waals surface area (Å²) in [6.07, 6.45) is 3.12. The molecule has 0 aliphatic carbocycles. The molecule has 30 heavy (non-hydrogen) atoms. The van der Waals surface area contributed by atoms with Gasteiger partial charge in [-0.3, -0.25) is 5.41 Å². The van der Waals surface area contributed by atoms with Crippen LogP contribution in [0.3, 0.4) is 0 Å². The zero-order valence-corrected chi connectivity index (χ0v) is 17.9. The Morgan fingerprint density at radius 3 is 2.30 bits per heavy atom. The third-order valence-electron chi connectivity index (χ3n) is 5.71. The number of fused-ring (bicyclic) bond motifs is 1. The highest BCUT2D eigenvalue weighted by Crippen LogP contribution is 2.17. The number of nitrogens with one attached hydrogen (secondary N) is 1. The summed E-state index contributed by atoms with van der Waals surface area (Å²) in [6.45, 7) is 4.49. The number of para-hydroxylation sites is 2. The van der Waals surface area contributed by atoms with Crippen LogP contribution >= 0.6 is 11.6 Å². The minimum absolute atomic E-state index is 0.154. The lowest BCUT2D eigenvalue weighted by Gasteiger charge is -2.26. The molecule has 4 rings (SSSR count). The lowest BCUT2D eigenvalue weighted by atomic mass is 10.1. The van der Waals surface area contributed by atoms with Crippen molar-refractivity contribution < 1.29 is 9.84 Å². The lowest BCUT2D eigenvalue weighted by Crippen LogP contribution is -2.36. The first-order chi connectivity index (χ1) is 14.6. The first-order valence-electron chi connectivity index (χ1n) is 10.6. The van der Waals surface area contributed by atoms with Gasteiger partial charge in [0.15, 0.2) is 0 Å². The van der Waals surface area contributed by atoms with Crippen molar-refractivity contribution in [3.05, 3.63) is 59.2 Å². The van der Waals surface area contributed by atoms with E-state index in [0.29, 0.717) is 22.9 Å². The van der Waals surface area contributed by atoms with E-state index in [1.807, 2.05) is 22.8 Å². The number of benzene rings is 2. The molecule has 7 heteroatoms. The standard InChI is InChI=1S/C23H29ClN4O2/c24-18-8-10-20(11-9-18)30-17-19(29)16-28-22-7-3-2-6-21(22)27(23(28)25)15-14-26-12-4-1-5-13-26/h2-3,6-11,19,25,29H,1,4-5,12-17H2/t19-/m0/s1. The van der Waals surface area contributed by atoms with Crippen LogP contribution in [0, 0.1) is 5.41 Å². The molecule has 1 atom stereocenters. The summed E-state index contributed by atoms with van der Waals surface area (Å²) < 4.78 is 9.61.